The van der Waals surface area contributed by atoms with Gasteiger partial charge in [-0.25, -0.2) is 4.68 Å². The molecule has 0 bridgehead atoms. The molecule has 6 nitrogen and oxygen atoms in total. The largest absolute Gasteiger partial charge is 0.494 e. The zero-order chi connectivity index (χ0) is 17.6. The molecule has 0 amide bonds. The molecule has 2 aliphatic rings. The van der Waals surface area contributed by atoms with E-state index in [1.807, 2.05) is 42.8 Å². The highest BCUT2D eigenvalue weighted by Crippen LogP contribution is 2.43. The van der Waals surface area contributed by atoms with E-state index in [-0.39, 0.29) is 11.8 Å². The first-order valence-corrected chi connectivity index (χ1v) is 8.76. The van der Waals surface area contributed by atoms with Crippen LogP contribution in [0.3, 0.4) is 0 Å². The molecule has 0 fully saturated rings. The minimum Gasteiger partial charge on any atom is -0.494 e. The minimum absolute atomic E-state index is 0.177. The lowest BCUT2D eigenvalue weighted by molar-refractivity contribution is -0.117. The fourth-order valence-corrected chi connectivity index (χ4v) is 3.79. The van der Waals surface area contributed by atoms with Crippen molar-refractivity contribution in [2.45, 2.75) is 39.7 Å². The van der Waals surface area contributed by atoms with Crippen LogP contribution in [0.5, 0.6) is 5.75 Å². The second-order valence-corrected chi connectivity index (χ2v) is 6.75. The molecule has 0 spiro atoms. The highest BCUT2D eigenvalue weighted by Gasteiger charge is 2.39. The molecule has 25 heavy (non-hydrogen) atoms. The summed E-state index contributed by atoms with van der Waals surface area (Å²) >= 11 is 0. The summed E-state index contributed by atoms with van der Waals surface area (Å²) in [5, 5.41) is 7.89. The number of anilines is 1. The van der Waals surface area contributed by atoms with Gasteiger partial charge in [-0.15, -0.1) is 0 Å². The number of nitrogens with one attached hydrogen (secondary N) is 1. The Morgan fingerprint density at radius 3 is 2.92 bits per heavy atom. The predicted octanol–water partition coefficient (Wildman–Crippen LogP) is 3.25. The van der Waals surface area contributed by atoms with Crippen molar-refractivity contribution in [3.05, 3.63) is 46.9 Å². The molecule has 2 heterocycles. The van der Waals surface area contributed by atoms with Crippen LogP contribution >= 0.6 is 0 Å². The molecule has 0 radical (unpaired) electrons. The highest BCUT2D eigenvalue weighted by atomic mass is 16.5. The molecule has 4 rings (SSSR count). The lowest BCUT2D eigenvalue weighted by Gasteiger charge is -2.34. The summed E-state index contributed by atoms with van der Waals surface area (Å²) in [4.78, 5) is 17.4. The van der Waals surface area contributed by atoms with E-state index < -0.39 is 0 Å². The zero-order valence-corrected chi connectivity index (χ0v) is 14.7. The Bertz CT molecular complexity index is 868. The van der Waals surface area contributed by atoms with Crippen molar-refractivity contribution in [1.82, 2.24) is 14.8 Å². The molecule has 0 saturated heterocycles. The number of hydrogen-bond donors (Lipinski definition) is 1. The molecule has 1 aromatic carbocycles. The maximum atomic E-state index is 12.9. The Balaban J connectivity index is 1.92. The van der Waals surface area contributed by atoms with E-state index in [0.29, 0.717) is 30.7 Å². The zero-order valence-electron chi connectivity index (χ0n) is 14.7. The summed E-state index contributed by atoms with van der Waals surface area (Å²) in [7, 11) is 0. The van der Waals surface area contributed by atoms with Gasteiger partial charge < -0.3 is 10.1 Å². The first-order valence-electron chi connectivity index (χ1n) is 8.76. The van der Waals surface area contributed by atoms with Crippen molar-refractivity contribution in [2.75, 3.05) is 11.9 Å². The number of carbonyl (C=O) groups excluding carboxylic acids is 1. The molecule has 6 heteroatoms. The first kappa shape index (κ1) is 15.9. The van der Waals surface area contributed by atoms with Gasteiger partial charge in [-0.1, -0.05) is 25.1 Å². The molecule has 2 atom stereocenters. The van der Waals surface area contributed by atoms with Gasteiger partial charge in [0.25, 0.3) is 0 Å². The van der Waals surface area contributed by atoms with Crippen LogP contribution in [-0.4, -0.2) is 27.2 Å². The predicted molar refractivity (Wildman–Crippen MR) is 94.6 cm³/mol. The number of aromatic nitrogens is 3. The number of allylic oxidation sites excluding steroid dienone is 2. The minimum atomic E-state index is -0.296. The summed E-state index contributed by atoms with van der Waals surface area (Å²) in [5.41, 5.74) is 2.72. The second-order valence-electron chi connectivity index (χ2n) is 6.75. The summed E-state index contributed by atoms with van der Waals surface area (Å²) in [6, 6.07) is 7.58. The number of nitrogens with zero attached hydrogens (tertiary/aromatic N) is 3. The number of ketones is 1. The normalized spacial score (nSPS) is 22.3. The van der Waals surface area contributed by atoms with Gasteiger partial charge in [-0.2, -0.15) is 10.1 Å². The average Bonchev–Trinajstić information content (AvgIpc) is 2.93. The number of carbonyl (C=O) groups is 1. The summed E-state index contributed by atoms with van der Waals surface area (Å²) in [5.74, 6) is 2.67. The van der Waals surface area contributed by atoms with Crippen LogP contribution in [0.2, 0.25) is 0 Å². The van der Waals surface area contributed by atoms with Crippen LogP contribution in [-0.2, 0) is 4.79 Å². The molecule has 0 unspecified atom stereocenters. The van der Waals surface area contributed by atoms with E-state index in [9.17, 15) is 4.79 Å². The molecule has 130 valence electrons. The second kappa shape index (κ2) is 6.02. The van der Waals surface area contributed by atoms with Crippen molar-refractivity contribution in [2.24, 2.45) is 5.92 Å². The Morgan fingerprint density at radius 1 is 1.32 bits per heavy atom. The maximum absolute atomic E-state index is 12.9. The van der Waals surface area contributed by atoms with Gasteiger partial charge in [0, 0.05) is 23.3 Å². The lowest BCUT2D eigenvalue weighted by atomic mass is 9.81. The topological polar surface area (TPSA) is 69.0 Å². The van der Waals surface area contributed by atoms with Gasteiger partial charge in [0.1, 0.15) is 17.6 Å². The van der Waals surface area contributed by atoms with Crippen molar-refractivity contribution < 1.29 is 9.53 Å². The number of aryl methyl sites for hydroxylation is 1. The van der Waals surface area contributed by atoms with E-state index >= 15 is 0 Å². The Kier molecular flexibility index (Phi) is 3.82. The Morgan fingerprint density at radius 2 is 2.12 bits per heavy atom. The third-order valence-corrected chi connectivity index (χ3v) is 4.74. The fraction of sp³-hybridized carbons (Fsp3) is 0.421. The molecule has 1 aliphatic heterocycles. The van der Waals surface area contributed by atoms with Gasteiger partial charge in [-0.3, -0.25) is 4.79 Å². The highest BCUT2D eigenvalue weighted by molar-refractivity contribution is 5.99. The molecule has 2 aromatic rings. The summed E-state index contributed by atoms with van der Waals surface area (Å²) in [6.07, 6.45) is 1.41. The van der Waals surface area contributed by atoms with E-state index in [2.05, 4.69) is 22.3 Å². The quantitative estimate of drug-likeness (QED) is 0.930. The van der Waals surface area contributed by atoms with Crippen LogP contribution in [0, 0.1) is 12.8 Å². The van der Waals surface area contributed by atoms with Crippen molar-refractivity contribution >= 4 is 11.7 Å². The number of hydrogen-bond acceptors (Lipinski definition) is 5. The smallest absolute Gasteiger partial charge is 0.226 e. The third kappa shape index (κ3) is 2.62. The van der Waals surface area contributed by atoms with Crippen LogP contribution in [0.15, 0.2) is 35.5 Å². The van der Waals surface area contributed by atoms with Crippen LogP contribution in [0.4, 0.5) is 5.95 Å². The van der Waals surface area contributed by atoms with Gasteiger partial charge in [0.2, 0.25) is 5.95 Å². The van der Waals surface area contributed by atoms with Crippen molar-refractivity contribution in [1.29, 1.82) is 0 Å². The van der Waals surface area contributed by atoms with Crippen LogP contribution in [0.25, 0.3) is 0 Å². The maximum Gasteiger partial charge on any atom is 0.226 e. The Hall–Kier alpha value is -2.63. The molecule has 1 aliphatic carbocycles. The van der Waals surface area contributed by atoms with Gasteiger partial charge in [0.15, 0.2) is 5.78 Å². The number of rotatable bonds is 3. The lowest BCUT2D eigenvalue weighted by Crippen LogP contribution is -2.33. The number of Topliss-reactive ketones (excluding diaryl/α,β-unsaturated/α-hetero) is 1. The van der Waals surface area contributed by atoms with E-state index in [1.54, 1.807) is 0 Å². The van der Waals surface area contributed by atoms with Gasteiger partial charge >= 0.3 is 0 Å². The third-order valence-electron chi connectivity index (χ3n) is 4.74. The average molecular weight is 338 g/mol. The number of benzene rings is 1. The number of fused-ring (bicyclic) bond motifs is 1. The van der Waals surface area contributed by atoms with E-state index in [1.165, 1.54) is 0 Å². The molecule has 1 aromatic heterocycles. The molecule has 1 N–H and O–H groups in total. The van der Waals surface area contributed by atoms with Crippen molar-refractivity contribution in [3.63, 3.8) is 0 Å². The molecular formula is C19H22N4O2. The fourth-order valence-electron chi connectivity index (χ4n) is 3.79. The number of ether oxygens (including phenoxy) is 1. The molecular weight excluding hydrogens is 316 g/mol. The summed E-state index contributed by atoms with van der Waals surface area (Å²) in [6.45, 7) is 6.50. The van der Waals surface area contributed by atoms with Crippen LogP contribution in [0.1, 0.15) is 44.1 Å². The van der Waals surface area contributed by atoms with Gasteiger partial charge in [-0.05, 0) is 32.3 Å². The number of para-hydroxylation sites is 1. The molecule has 0 saturated carbocycles. The van der Waals surface area contributed by atoms with Gasteiger partial charge in [0.05, 0.1) is 6.61 Å². The first-order chi connectivity index (χ1) is 12.1. The van der Waals surface area contributed by atoms with Crippen LogP contribution < -0.4 is 10.1 Å². The monoisotopic (exact) mass is 338 g/mol. The standard InChI is InChI=1S/C19H22N4O2/c1-4-25-16-8-6-5-7-13(16)18-17-14(9-11(2)10-15(17)24)21-19-20-12(3)22-23(18)19/h5-8,11,18H,4,9-10H2,1-3H3,(H,20,21,22)/t11-,18+/m0/s1. The SMILES string of the molecule is CCOc1ccccc1[C@@H]1C2=C(C[C@H](C)CC2=O)Nc2nc(C)nn21. The van der Waals surface area contributed by atoms with Crippen molar-refractivity contribution in [3.8, 4) is 5.75 Å². The van der Waals surface area contributed by atoms with E-state index in [0.717, 1.165) is 29.0 Å². The Labute approximate surface area is 146 Å². The van der Waals surface area contributed by atoms with E-state index in [4.69, 9.17) is 4.74 Å². The summed E-state index contributed by atoms with van der Waals surface area (Å²) < 4.78 is 7.65.